The lowest BCUT2D eigenvalue weighted by atomic mass is 9.97. The summed E-state index contributed by atoms with van der Waals surface area (Å²) in [4.78, 5) is 10.7. The lowest BCUT2D eigenvalue weighted by molar-refractivity contribution is 0.112. The summed E-state index contributed by atoms with van der Waals surface area (Å²) in [6, 6.07) is 6.91. The monoisotopic (exact) mass is 262 g/mol. The van der Waals surface area contributed by atoms with E-state index in [0.29, 0.717) is 23.0 Å². The standard InChI is InChI=1S/C15H12F2O2/c1-9-5-10(8-18)3-4-12(9)15-13(16)6-11(19-2)7-14(15)17/h3-8H,1-2H3. The predicted molar refractivity (Wildman–Crippen MR) is 68.5 cm³/mol. The maximum absolute atomic E-state index is 14.0. The van der Waals surface area contributed by atoms with Crippen molar-refractivity contribution in [1.29, 1.82) is 0 Å². The molecule has 0 amide bonds. The number of benzene rings is 2. The van der Waals surface area contributed by atoms with Crippen molar-refractivity contribution in [1.82, 2.24) is 0 Å². The Morgan fingerprint density at radius 3 is 2.21 bits per heavy atom. The zero-order chi connectivity index (χ0) is 14.0. The second kappa shape index (κ2) is 5.18. The molecule has 2 nitrogen and oxygen atoms in total. The highest BCUT2D eigenvalue weighted by molar-refractivity contribution is 5.79. The largest absolute Gasteiger partial charge is 0.497 e. The SMILES string of the molecule is COc1cc(F)c(-c2ccc(C=O)cc2C)c(F)c1. The Kier molecular flexibility index (Phi) is 3.60. The third-order valence-corrected chi connectivity index (χ3v) is 2.91. The van der Waals surface area contributed by atoms with Crippen molar-refractivity contribution in [3.63, 3.8) is 0 Å². The van der Waals surface area contributed by atoms with Crippen LogP contribution in [0.5, 0.6) is 5.75 Å². The number of hydrogen-bond donors (Lipinski definition) is 0. The average molecular weight is 262 g/mol. The van der Waals surface area contributed by atoms with Gasteiger partial charge in [-0.1, -0.05) is 12.1 Å². The van der Waals surface area contributed by atoms with Crippen molar-refractivity contribution < 1.29 is 18.3 Å². The van der Waals surface area contributed by atoms with Gasteiger partial charge < -0.3 is 4.74 Å². The van der Waals surface area contributed by atoms with Crippen LogP contribution in [0.1, 0.15) is 15.9 Å². The second-order valence-electron chi connectivity index (χ2n) is 4.16. The summed E-state index contributed by atoms with van der Waals surface area (Å²) in [6.45, 7) is 1.70. The van der Waals surface area contributed by atoms with Crippen LogP contribution in [0.4, 0.5) is 8.78 Å². The summed E-state index contributed by atoms with van der Waals surface area (Å²) in [5.74, 6) is -1.27. The third-order valence-electron chi connectivity index (χ3n) is 2.91. The van der Waals surface area contributed by atoms with Gasteiger partial charge in [0.2, 0.25) is 0 Å². The summed E-state index contributed by atoms with van der Waals surface area (Å²) >= 11 is 0. The van der Waals surface area contributed by atoms with Crippen LogP contribution in [-0.4, -0.2) is 13.4 Å². The highest BCUT2D eigenvalue weighted by Crippen LogP contribution is 2.32. The molecular formula is C15H12F2O2. The van der Waals surface area contributed by atoms with Gasteiger partial charge in [-0.25, -0.2) is 8.78 Å². The fourth-order valence-corrected chi connectivity index (χ4v) is 1.97. The molecule has 0 saturated carbocycles. The average Bonchev–Trinajstić information content (AvgIpc) is 2.39. The van der Waals surface area contributed by atoms with E-state index in [0.717, 1.165) is 12.1 Å². The van der Waals surface area contributed by atoms with Crippen LogP contribution in [0.2, 0.25) is 0 Å². The van der Waals surface area contributed by atoms with E-state index in [2.05, 4.69) is 0 Å². The van der Waals surface area contributed by atoms with Gasteiger partial charge >= 0.3 is 0 Å². The normalized spacial score (nSPS) is 10.3. The van der Waals surface area contributed by atoms with E-state index < -0.39 is 11.6 Å². The molecule has 0 saturated heterocycles. The van der Waals surface area contributed by atoms with Crippen LogP contribution in [0.3, 0.4) is 0 Å². The van der Waals surface area contributed by atoms with Crippen molar-refractivity contribution in [2.24, 2.45) is 0 Å². The Hall–Kier alpha value is -2.23. The number of rotatable bonds is 3. The smallest absolute Gasteiger partial charge is 0.150 e. The van der Waals surface area contributed by atoms with Gasteiger partial charge in [-0.05, 0) is 24.1 Å². The molecule has 0 aliphatic carbocycles. The summed E-state index contributed by atoms with van der Waals surface area (Å²) in [5.41, 5.74) is 1.40. The van der Waals surface area contributed by atoms with E-state index in [1.807, 2.05) is 0 Å². The van der Waals surface area contributed by atoms with Crippen molar-refractivity contribution >= 4 is 6.29 Å². The Balaban J connectivity index is 2.62. The fourth-order valence-electron chi connectivity index (χ4n) is 1.97. The lowest BCUT2D eigenvalue weighted by Gasteiger charge is -2.10. The zero-order valence-electron chi connectivity index (χ0n) is 10.5. The van der Waals surface area contributed by atoms with Crippen molar-refractivity contribution in [3.8, 4) is 16.9 Å². The van der Waals surface area contributed by atoms with Gasteiger partial charge in [-0.3, -0.25) is 4.79 Å². The quantitative estimate of drug-likeness (QED) is 0.787. The molecule has 4 heteroatoms. The highest BCUT2D eigenvalue weighted by atomic mass is 19.1. The van der Waals surface area contributed by atoms with Gasteiger partial charge in [-0.15, -0.1) is 0 Å². The van der Waals surface area contributed by atoms with E-state index in [1.54, 1.807) is 13.0 Å². The molecule has 0 atom stereocenters. The second-order valence-corrected chi connectivity index (χ2v) is 4.16. The molecular weight excluding hydrogens is 250 g/mol. The summed E-state index contributed by atoms with van der Waals surface area (Å²) in [7, 11) is 1.35. The first-order valence-corrected chi connectivity index (χ1v) is 5.66. The number of aryl methyl sites for hydroxylation is 1. The van der Waals surface area contributed by atoms with Crippen molar-refractivity contribution in [3.05, 3.63) is 53.1 Å². The molecule has 0 unspecified atom stereocenters. The number of aldehydes is 1. The van der Waals surface area contributed by atoms with Crippen molar-refractivity contribution in [2.45, 2.75) is 6.92 Å². The van der Waals surface area contributed by atoms with Crippen LogP contribution in [0.15, 0.2) is 30.3 Å². The van der Waals surface area contributed by atoms with Gasteiger partial charge in [0.1, 0.15) is 23.7 Å². The lowest BCUT2D eigenvalue weighted by Crippen LogP contribution is -1.95. The number of hydrogen-bond acceptors (Lipinski definition) is 2. The molecule has 0 radical (unpaired) electrons. The van der Waals surface area contributed by atoms with Gasteiger partial charge in [0.25, 0.3) is 0 Å². The third kappa shape index (κ3) is 2.47. The van der Waals surface area contributed by atoms with Crippen LogP contribution in [0, 0.1) is 18.6 Å². The first kappa shape index (κ1) is 13.2. The van der Waals surface area contributed by atoms with E-state index in [9.17, 15) is 13.6 Å². The number of methoxy groups -OCH3 is 1. The van der Waals surface area contributed by atoms with Crippen LogP contribution in [0.25, 0.3) is 11.1 Å². The van der Waals surface area contributed by atoms with Gasteiger partial charge in [0.15, 0.2) is 0 Å². The minimum Gasteiger partial charge on any atom is -0.497 e. The van der Waals surface area contributed by atoms with E-state index in [1.165, 1.54) is 19.2 Å². The Morgan fingerprint density at radius 1 is 1.11 bits per heavy atom. The van der Waals surface area contributed by atoms with Gasteiger partial charge in [-0.2, -0.15) is 0 Å². The van der Waals surface area contributed by atoms with E-state index >= 15 is 0 Å². The molecule has 0 fully saturated rings. The maximum atomic E-state index is 14.0. The fraction of sp³-hybridized carbons (Fsp3) is 0.133. The number of halogens is 2. The van der Waals surface area contributed by atoms with Gasteiger partial charge in [0, 0.05) is 17.7 Å². The van der Waals surface area contributed by atoms with Gasteiger partial charge in [0.05, 0.1) is 12.7 Å². The molecule has 0 spiro atoms. The molecule has 2 aromatic rings. The highest BCUT2D eigenvalue weighted by Gasteiger charge is 2.15. The molecule has 0 bridgehead atoms. The number of carbonyl (C=O) groups is 1. The summed E-state index contributed by atoms with van der Waals surface area (Å²) < 4.78 is 32.7. The minimum atomic E-state index is -0.696. The zero-order valence-corrected chi connectivity index (χ0v) is 10.5. The Labute approximate surface area is 109 Å². The molecule has 0 aliphatic heterocycles. The maximum Gasteiger partial charge on any atom is 0.150 e. The van der Waals surface area contributed by atoms with Crippen LogP contribution < -0.4 is 4.74 Å². The minimum absolute atomic E-state index is 0.115. The first-order chi connectivity index (χ1) is 9.06. The topological polar surface area (TPSA) is 26.3 Å². The molecule has 0 N–H and O–H groups in total. The molecule has 98 valence electrons. The van der Waals surface area contributed by atoms with Crippen molar-refractivity contribution in [2.75, 3.05) is 7.11 Å². The Bertz CT molecular complexity index is 613. The molecule has 0 heterocycles. The number of ether oxygens (including phenoxy) is 1. The van der Waals surface area contributed by atoms with Crippen LogP contribution in [-0.2, 0) is 0 Å². The van der Waals surface area contributed by atoms with E-state index in [-0.39, 0.29) is 11.3 Å². The Morgan fingerprint density at radius 2 is 1.74 bits per heavy atom. The summed E-state index contributed by atoms with van der Waals surface area (Å²) in [6.07, 6.45) is 0.692. The summed E-state index contributed by atoms with van der Waals surface area (Å²) in [5, 5.41) is 0. The molecule has 2 aromatic carbocycles. The van der Waals surface area contributed by atoms with Crippen LogP contribution >= 0.6 is 0 Å². The van der Waals surface area contributed by atoms with E-state index in [4.69, 9.17) is 4.74 Å². The molecule has 0 aromatic heterocycles. The number of carbonyl (C=O) groups excluding carboxylic acids is 1. The first-order valence-electron chi connectivity index (χ1n) is 5.66. The molecule has 2 rings (SSSR count). The predicted octanol–water partition coefficient (Wildman–Crippen LogP) is 3.76. The molecule has 19 heavy (non-hydrogen) atoms. The molecule has 0 aliphatic rings.